The third-order valence-electron chi connectivity index (χ3n) is 5.39. The van der Waals surface area contributed by atoms with Crippen LogP contribution in [0.2, 0.25) is 0 Å². The summed E-state index contributed by atoms with van der Waals surface area (Å²) in [5, 5.41) is 8.45. The van der Waals surface area contributed by atoms with E-state index in [4.69, 9.17) is 0 Å². The van der Waals surface area contributed by atoms with Crippen molar-refractivity contribution >= 4 is 5.91 Å². The molecule has 1 saturated heterocycles. The first-order valence-electron chi connectivity index (χ1n) is 9.86. The Kier molecular flexibility index (Phi) is 5.62. The second-order valence-corrected chi connectivity index (χ2v) is 7.44. The van der Waals surface area contributed by atoms with Crippen molar-refractivity contribution in [2.24, 2.45) is 5.92 Å². The lowest BCUT2D eigenvalue weighted by atomic mass is 9.95. The van der Waals surface area contributed by atoms with Gasteiger partial charge in [-0.1, -0.05) is 12.1 Å². The molecule has 4 rings (SSSR count). The Morgan fingerprint density at radius 2 is 1.81 bits per heavy atom. The van der Waals surface area contributed by atoms with E-state index in [1.807, 2.05) is 0 Å². The van der Waals surface area contributed by atoms with Crippen molar-refractivity contribution in [1.29, 1.82) is 0 Å². The number of halogens is 3. The zero-order valence-corrected chi connectivity index (χ0v) is 16.5. The number of carbonyl (C=O) groups excluding carboxylic acids is 1. The van der Waals surface area contributed by atoms with E-state index in [1.54, 1.807) is 29.2 Å². The molecule has 162 valence electrons. The summed E-state index contributed by atoms with van der Waals surface area (Å²) in [5.74, 6) is -0.0247. The van der Waals surface area contributed by atoms with Crippen LogP contribution in [0.1, 0.15) is 28.8 Å². The van der Waals surface area contributed by atoms with Gasteiger partial charge in [0.25, 0.3) is 11.5 Å². The third-order valence-corrected chi connectivity index (χ3v) is 5.39. The van der Waals surface area contributed by atoms with Crippen molar-refractivity contribution < 1.29 is 18.0 Å². The monoisotopic (exact) mass is 431 g/mol. The van der Waals surface area contributed by atoms with Gasteiger partial charge >= 0.3 is 6.18 Å². The fourth-order valence-electron chi connectivity index (χ4n) is 3.75. The largest absolute Gasteiger partial charge is 0.417 e. The van der Waals surface area contributed by atoms with E-state index in [-0.39, 0.29) is 17.0 Å². The zero-order valence-electron chi connectivity index (χ0n) is 16.5. The molecule has 0 bridgehead atoms. The molecule has 10 heteroatoms. The number of aromatic nitrogens is 4. The quantitative estimate of drug-likeness (QED) is 0.637. The van der Waals surface area contributed by atoms with Crippen LogP contribution in [0.15, 0.2) is 59.7 Å². The van der Waals surface area contributed by atoms with Gasteiger partial charge in [0.2, 0.25) is 0 Å². The minimum Gasteiger partial charge on any atom is -0.339 e. The summed E-state index contributed by atoms with van der Waals surface area (Å²) < 4.78 is 42.6. The van der Waals surface area contributed by atoms with Gasteiger partial charge in [0, 0.05) is 38.1 Å². The fourth-order valence-corrected chi connectivity index (χ4v) is 3.75. The molecule has 0 atom stereocenters. The van der Waals surface area contributed by atoms with Crippen molar-refractivity contribution in [3.05, 3.63) is 76.3 Å². The van der Waals surface area contributed by atoms with E-state index >= 15 is 0 Å². The van der Waals surface area contributed by atoms with Crippen molar-refractivity contribution in [3.8, 4) is 5.82 Å². The van der Waals surface area contributed by atoms with Gasteiger partial charge in [-0.3, -0.25) is 9.59 Å². The molecule has 1 aliphatic rings. The standard InChI is InChI=1S/C21H20F3N5O2/c22-21(23,24)17-5-2-1-4-16(17)20(31)27-12-8-15(9-13-27)14-29-19(30)7-6-18(26-29)28-11-3-10-25-28/h1-7,10-11,15H,8-9,12-14H2. The minimum atomic E-state index is -4.59. The Morgan fingerprint density at radius 1 is 1.06 bits per heavy atom. The van der Waals surface area contributed by atoms with Crippen LogP contribution in [0.4, 0.5) is 13.2 Å². The highest BCUT2D eigenvalue weighted by atomic mass is 19.4. The molecular weight excluding hydrogens is 411 g/mol. The molecule has 3 aromatic rings. The smallest absolute Gasteiger partial charge is 0.339 e. The SMILES string of the molecule is O=C(c1ccccc1C(F)(F)F)N1CCC(Cn2nc(-n3cccn3)ccc2=O)CC1. The van der Waals surface area contributed by atoms with Gasteiger partial charge in [-0.25, -0.2) is 9.36 Å². The van der Waals surface area contributed by atoms with E-state index in [1.165, 1.54) is 33.8 Å². The van der Waals surface area contributed by atoms with E-state index in [0.717, 1.165) is 6.07 Å². The summed E-state index contributed by atoms with van der Waals surface area (Å²) in [6, 6.07) is 9.60. The normalized spacial score (nSPS) is 15.3. The predicted molar refractivity (Wildman–Crippen MR) is 106 cm³/mol. The van der Waals surface area contributed by atoms with Crippen LogP contribution < -0.4 is 5.56 Å². The Balaban J connectivity index is 1.43. The molecule has 0 radical (unpaired) electrons. The molecule has 1 aromatic carbocycles. The summed E-state index contributed by atoms with van der Waals surface area (Å²) in [5.41, 5.74) is -1.50. The van der Waals surface area contributed by atoms with Crippen molar-refractivity contribution in [2.75, 3.05) is 13.1 Å². The minimum absolute atomic E-state index is 0.0833. The number of hydrogen-bond acceptors (Lipinski definition) is 4. The highest BCUT2D eigenvalue weighted by Crippen LogP contribution is 2.33. The molecular formula is C21H20F3N5O2. The number of likely N-dealkylation sites (tertiary alicyclic amines) is 1. The molecule has 31 heavy (non-hydrogen) atoms. The second kappa shape index (κ2) is 8.37. The van der Waals surface area contributed by atoms with E-state index in [0.29, 0.717) is 38.3 Å². The van der Waals surface area contributed by atoms with Crippen LogP contribution in [0.25, 0.3) is 5.82 Å². The molecule has 0 saturated carbocycles. The zero-order chi connectivity index (χ0) is 22.0. The molecule has 1 fully saturated rings. The maximum atomic E-state index is 13.2. The average Bonchev–Trinajstić information content (AvgIpc) is 3.30. The first kappa shape index (κ1) is 20.8. The molecule has 0 aliphatic carbocycles. The van der Waals surface area contributed by atoms with Gasteiger partial charge in [-0.2, -0.15) is 18.3 Å². The summed E-state index contributed by atoms with van der Waals surface area (Å²) in [6.07, 6.45) is -0.113. The molecule has 2 aromatic heterocycles. The lowest BCUT2D eigenvalue weighted by Gasteiger charge is -2.32. The maximum Gasteiger partial charge on any atom is 0.417 e. The van der Waals surface area contributed by atoms with Crippen LogP contribution in [-0.2, 0) is 12.7 Å². The van der Waals surface area contributed by atoms with Gasteiger partial charge in [-0.15, -0.1) is 5.10 Å². The van der Waals surface area contributed by atoms with Gasteiger partial charge in [0.1, 0.15) is 0 Å². The van der Waals surface area contributed by atoms with Crippen LogP contribution in [0.5, 0.6) is 0 Å². The molecule has 0 spiro atoms. The van der Waals surface area contributed by atoms with E-state index in [2.05, 4.69) is 10.2 Å². The summed E-state index contributed by atoms with van der Waals surface area (Å²) >= 11 is 0. The molecule has 3 heterocycles. The highest BCUT2D eigenvalue weighted by molar-refractivity contribution is 5.96. The first-order chi connectivity index (χ1) is 14.8. The molecule has 1 aliphatic heterocycles. The third kappa shape index (κ3) is 4.52. The van der Waals surface area contributed by atoms with E-state index in [9.17, 15) is 22.8 Å². The number of alkyl halides is 3. The van der Waals surface area contributed by atoms with Gasteiger partial charge in [0.05, 0.1) is 11.1 Å². The van der Waals surface area contributed by atoms with E-state index < -0.39 is 17.6 Å². The number of piperidine rings is 1. The number of hydrogen-bond donors (Lipinski definition) is 0. The fraction of sp³-hybridized carbons (Fsp3) is 0.333. The van der Waals surface area contributed by atoms with Crippen LogP contribution in [0.3, 0.4) is 0 Å². The Labute approximate surface area is 175 Å². The lowest BCUT2D eigenvalue weighted by Crippen LogP contribution is -2.41. The van der Waals surface area contributed by atoms with Crippen molar-refractivity contribution in [2.45, 2.75) is 25.6 Å². The maximum absolute atomic E-state index is 13.2. The topological polar surface area (TPSA) is 73.0 Å². The summed E-state index contributed by atoms with van der Waals surface area (Å²) in [4.78, 5) is 26.4. The number of rotatable bonds is 4. The lowest BCUT2D eigenvalue weighted by molar-refractivity contribution is -0.138. The average molecular weight is 431 g/mol. The van der Waals surface area contributed by atoms with Gasteiger partial charge < -0.3 is 4.90 Å². The number of benzene rings is 1. The Hall–Kier alpha value is -3.43. The molecule has 0 unspecified atom stereocenters. The van der Waals surface area contributed by atoms with Crippen LogP contribution in [0, 0.1) is 5.92 Å². The number of nitrogens with zero attached hydrogens (tertiary/aromatic N) is 5. The molecule has 0 N–H and O–H groups in total. The Morgan fingerprint density at radius 3 is 2.48 bits per heavy atom. The van der Waals surface area contributed by atoms with Gasteiger partial charge in [0.15, 0.2) is 5.82 Å². The summed E-state index contributed by atoms with van der Waals surface area (Å²) in [6.45, 7) is 1.02. The van der Waals surface area contributed by atoms with Crippen molar-refractivity contribution in [1.82, 2.24) is 24.5 Å². The first-order valence-corrected chi connectivity index (χ1v) is 9.86. The number of carbonyl (C=O) groups is 1. The van der Waals surface area contributed by atoms with Crippen molar-refractivity contribution in [3.63, 3.8) is 0 Å². The van der Waals surface area contributed by atoms with Gasteiger partial charge in [-0.05, 0) is 43.0 Å². The predicted octanol–water partition coefficient (Wildman–Crippen LogP) is 3.00. The summed E-state index contributed by atoms with van der Waals surface area (Å²) in [7, 11) is 0. The Bertz CT molecular complexity index is 1120. The van der Waals surface area contributed by atoms with Crippen LogP contribution >= 0.6 is 0 Å². The second-order valence-electron chi connectivity index (χ2n) is 7.44. The highest BCUT2D eigenvalue weighted by Gasteiger charge is 2.36. The molecule has 1 amide bonds. The molecule has 7 nitrogen and oxygen atoms in total. The van der Waals surface area contributed by atoms with Crippen LogP contribution in [-0.4, -0.2) is 43.5 Å². The number of amides is 1.